The summed E-state index contributed by atoms with van der Waals surface area (Å²) >= 11 is 0. The Balaban J connectivity index is 1.76. The quantitative estimate of drug-likeness (QED) is 0.539. The smallest absolute Gasteiger partial charge is 0.335 e. The number of aromatic nitrogens is 3. The largest absolute Gasteiger partial charge is 0.478 e. The third-order valence-electron chi connectivity index (χ3n) is 4.16. The minimum atomic E-state index is -0.960. The standard InChI is InChI=1S/C24H15N3O2/c28-24(29)19-11-9-17(10-12-19)7-8-18-15-22(20-5-1-3-13-25-20)27-23(16-18)21-6-2-4-14-26-21/h1-6,9-16H,(H,28,29). The van der Waals surface area contributed by atoms with Gasteiger partial charge in [-0.1, -0.05) is 24.0 Å². The number of hydrogen-bond donors (Lipinski definition) is 1. The summed E-state index contributed by atoms with van der Waals surface area (Å²) in [5.74, 6) is 5.25. The summed E-state index contributed by atoms with van der Waals surface area (Å²) in [6.45, 7) is 0. The van der Waals surface area contributed by atoms with Crippen LogP contribution in [0.2, 0.25) is 0 Å². The second kappa shape index (κ2) is 8.15. The normalized spacial score (nSPS) is 10.1. The predicted octanol–water partition coefficient (Wildman–Crippen LogP) is 4.30. The third kappa shape index (κ3) is 4.34. The molecule has 5 heteroatoms. The van der Waals surface area contributed by atoms with Crippen molar-refractivity contribution in [1.82, 2.24) is 15.0 Å². The molecule has 0 radical (unpaired) electrons. The van der Waals surface area contributed by atoms with Gasteiger partial charge in [-0.15, -0.1) is 0 Å². The highest BCUT2D eigenvalue weighted by Gasteiger charge is 2.08. The number of carboxylic acid groups (broad SMARTS) is 1. The number of aromatic carboxylic acids is 1. The first-order chi connectivity index (χ1) is 14.2. The molecule has 29 heavy (non-hydrogen) atoms. The van der Waals surface area contributed by atoms with E-state index in [0.717, 1.165) is 22.5 Å². The van der Waals surface area contributed by atoms with Crippen LogP contribution in [0.15, 0.2) is 85.2 Å². The molecule has 0 atom stereocenters. The SMILES string of the molecule is O=C(O)c1ccc(C#Cc2cc(-c3ccccn3)nc(-c3ccccn3)c2)cc1. The van der Waals surface area contributed by atoms with E-state index in [0.29, 0.717) is 11.4 Å². The number of carboxylic acids is 1. The molecule has 3 heterocycles. The van der Waals surface area contributed by atoms with E-state index in [1.54, 1.807) is 24.5 Å². The summed E-state index contributed by atoms with van der Waals surface area (Å²) < 4.78 is 0. The van der Waals surface area contributed by atoms with Crippen LogP contribution in [0.3, 0.4) is 0 Å². The molecule has 0 spiro atoms. The highest BCUT2D eigenvalue weighted by atomic mass is 16.4. The first kappa shape index (κ1) is 18.1. The molecule has 1 aromatic carbocycles. The lowest BCUT2D eigenvalue weighted by Gasteiger charge is -2.05. The van der Waals surface area contributed by atoms with Gasteiger partial charge in [-0.05, 0) is 60.7 Å². The van der Waals surface area contributed by atoms with Gasteiger partial charge in [-0.3, -0.25) is 9.97 Å². The van der Waals surface area contributed by atoms with Crippen LogP contribution >= 0.6 is 0 Å². The Morgan fingerprint density at radius 2 is 1.24 bits per heavy atom. The van der Waals surface area contributed by atoms with Gasteiger partial charge in [0, 0.05) is 23.5 Å². The van der Waals surface area contributed by atoms with Crippen LogP contribution in [0.1, 0.15) is 21.5 Å². The topological polar surface area (TPSA) is 76.0 Å². The van der Waals surface area contributed by atoms with Crippen LogP contribution in [0.4, 0.5) is 0 Å². The van der Waals surface area contributed by atoms with E-state index in [1.807, 2.05) is 48.5 Å². The molecule has 5 nitrogen and oxygen atoms in total. The van der Waals surface area contributed by atoms with Crippen molar-refractivity contribution in [2.45, 2.75) is 0 Å². The zero-order chi connectivity index (χ0) is 20.1. The van der Waals surface area contributed by atoms with Gasteiger partial charge in [0.1, 0.15) is 0 Å². The number of benzene rings is 1. The van der Waals surface area contributed by atoms with Gasteiger partial charge in [-0.2, -0.15) is 0 Å². The first-order valence-electron chi connectivity index (χ1n) is 8.89. The van der Waals surface area contributed by atoms with Crippen LogP contribution in [0.25, 0.3) is 22.8 Å². The second-order valence-corrected chi connectivity index (χ2v) is 6.19. The van der Waals surface area contributed by atoms with E-state index in [1.165, 1.54) is 12.1 Å². The minimum Gasteiger partial charge on any atom is -0.478 e. The summed E-state index contributed by atoms with van der Waals surface area (Å²) in [4.78, 5) is 24.4. The Morgan fingerprint density at radius 3 is 1.72 bits per heavy atom. The van der Waals surface area contributed by atoms with E-state index in [2.05, 4.69) is 21.8 Å². The lowest BCUT2D eigenvalue weighted by Crippen LogP contribution is -1.95. The van der Waals surface area contributed by atoms with Crippen molar-refractivity contribution in [1.29, 1.82) is 0 Å². The molecule has 4 aromatic rings. The molecule has 0 fully saturated rings. The van der Waals surface area contributed by atoms with Crippen LogP contribution in [-0.4, -0.2) is 26.0 Å². The molecule has 1 N–H and O–H groups in total. The Bertz CT molecular complexity index is 1150. The molecule has 0 saturated heterocycles. The predicted molar refractivity (Wildman–Crippen MR) is 110 cm³/mol. The molecule has 4 rings (SSSR count). The Kier molecular flexibility index (Phi) is 5.08. The molecule has 0 saturated carbocycles. The number of nitrogens with zero attached hydrogens (tertiary/aromatic N) is 3. The molecular formula is C24H15N3O2. The number of hydrogen-bond acceptors (Lipinski definition) is 4. The van der Waals surface area contributed by atoms with Gasteiger partial charge < -0.3 is 5.11 Å². The molecule has 0 aliphatic rings. The van der Waals surface area contributed by atoms with Crippen molar-refractivity contribution >= 4 is 5.97 Å². The average Bonchev–Trinajstić information content (AvgIpc) is 2.79. The summed E-state index contributed by atoms with van der Waals surface area (Å²) in [5.41, 5.74) is 4.64. The number of carbonyl (C=O) groups is 1. The zero-order valence-electron chi connectivity index (χ0n) is 15.3. The fraction of sp³-hybridized carbons (Fsp3) is 0. The van der Waals surface area contributed by atoms with Gasteiger partial charge in [-0.25, -0.2) is 9.78 Å². The van der Waals surface area contributed by atoms with Gasteiger partial charge in [0.05, 0.1) is 28.3 Å². The molecule has 0 bridgehead atoms. The van der Waals surface area contributed by atoms with Crippen molar-refractivity contribution in [3.63, 3.8) is 0 Å². The molecular weight excluding hydrogens is 362 g/mol. The number of rotatable bonds is 3. The van der Waals surface area contributed by atoms with Gasteiger partial charge in [0.15, 0.2) is 0 Å². The Hall–Kier alpha value is -4.30. The van der Waals surface area contributed by atoms with E-state index < -0.39 is 5.97 Å². The fourth-order valence-corrected chi connectivity index (χ4v) is 2.73. The monoisotopic (exact) mass is 377 g/mol. The van der Waals surface area contributed by atoms with E-state index in [4.69, 9.17) is 10.1 Å². The lowest BCUT2D eigenvalue weighted by molar-refractivity contribution is 0.0697. The maximum Gasteiger partial charge on any atom is 0.335 e. The maximum atomic E-state index is 11.0. The summed E-state index contributed by atoms with van der Waals surface area (Å²) in [6, 6.07) is 21.5. The zero-order valence-corrected chi connectivity index (χ0v) is 15.3. The van der Waals surface area contributed by atoms with Crippen LogP contribution in [0, 0.1) is 11.8 Å². The summed E-state index contributed by atoms with van der Waals surface area (Å²) in [7, 11) is 0. The van der Waals surface area contributed by atoms with Crippen molar-refractivity contribution < 1.29 is 9.90 Å². The minimum absolute atomic E-state index is 0.231. The van der Waals surface area contributed by atoms with Crippen LogP contribution in [-0.2, 0) is 0 Å². The fourth-order valence-electron chi connectivity index (χ4n) is 2.73. The first-order valence-corrected chi connectivity index (χ1v) is 8.89. The van der Waals surface area contributed by atoms with E-state index >= 15 is 0 Å². The second-order valence-electron chi connectivity index (χ2n) is 6.19. The average molecular weight is 377 g/mol. The van der Waals surface area contributed by atoms with Crippen LogP contribution in [0.5, 0.6) is 0 Å². The van der Waals surface area contributed by atoms with E-state index in [9.17, 15) is 4.79 Å². The van der Waals surface area contributed by atoms with Crippen molar-refractivity contribution in [3.05, 3.63) is 102 Å². The van der Waals surface area contributed by atoms with Crippen LogP contribution < -0.4 is 0 Å². The maximum absolute atomic E-state index is 11.0. The van der Waals surface area contributed by atoms with Crippen molar-refractivity contribution in [2.75, 3.05) is 0 Å². The highest BCUT2D eigenvalue weighted by Crippen LogP contribution is 2.22. The van der Waals surface area contributed by atoms with Gasteiger partial charge >= 0.3 is 5.97 Å². The summed E-state index contributed by atoms with van der Waals surface area (Å²) in [5, 5.41) is 9.01. The Labute approximate surface area is 167 Å². The Morgan fingerprint density at radius 1 is 0.690 bits per heavy atom. The lowest BCUT2D eigenvalue weighted by atomic mass is 10.1. The van der Waals surface area contributed by atoms with Crippen molar-refractivity contribution in [2.24, 2.45) is 0 Å². The van der Waals surface area contributed by atoms with Gasteiger partial charge in [0.2, 0.25) is 0 Å². The highest BCUT2D eigenvalue weighted by molar-refractivity contribution is 5.87. The third-order valence-corrected chi connectivity index (χ3v) is 4.16. The molecule has 3 aromatic heterocycles. The molecule has 0 amide bonds. The molecule has 0 aliphatic heterocycles. The van der Waals surface area contributed by atoms with Gasteiger partial charge in [0.25, 0.3) is 0 Å². The molecule has 138 valence electrons. The molecule has 0 unspecified atom stereocenters. The molecule has 0 aliphatic carbocycles. The number of pyridine rings is 3. The van der Waals surface area contributed by atoms with E-state index in [-0.39, 0.29) is 5.56 Å². The summed E-state index contributed by atoms with van der Waals surface area (Å²) in [6.07, 6.45) is 3.44. The van der Waals surface area contributed by atoms with Crippen molar-refractivity contribution in [3.8, 4) is 34.6 Å².